The van der Waals surface area contributed by atoms with Crippen molar-refractivity contribution < 1.29 is 14.3 Å². The van der Waals surface area contributed by atoms with Crippen LogP contribution in [0.15, 0.2) is 18.5 Å². The second-order valence-electron chi connectivity index (χ2n) is 5.60. The van der Waals surface area contributed by atoms with Crippen molar-refractivity contribution in [3.05, 3.63) is 29.6 Å². The minimum Gasteiger partial charge on any atom is -0.458 e. The number of pyridine rings is 1. The lowest BCUT2D eigenvalue weighted by Crippen LogP contribution is -2.41. The van der Waals surface area contributed by atoms with Crippen molar-refractivity contribution in [3.8, 4) is 6.07 Å². The lowest BCUT2D eigenvalue weighted by atomic mass is 10.1. The molecule has 0 aliphatic rings. The van der Waals surface area contributed by atoms with Gasteiger partial charge in [0.15, 0.2) is 0 Å². The number of nitrogens with zero attached hydrogens (tertiary/aromatic N) is 2. The third-order valence-corrected chi connectivity index (χ3v) is 2.61. The van der Waals surface area contributed by atoms with Crippen LogP contribution in [0, 0.1) is 11.3 Å². The number of ether oxygens (including phenoxy) is 1. The van der Waals surface area contributed by atoms with Crippen LogP contribution in [0.25, 0.3) is 0 Å². The summed E-state index contributed by atoms with van der Waals surface area (Å²) in [6, 6.07) is 3.00. The first-order valence-corrected chi connectivity index (χ1v) is 6.62. The zero-order chi connectivity index (χ0) is 15.9. The SMILES string of the molecule is CC(C)(C)OC(=O)[C@H](CCc1cncc(C#N)c1)NC=O. The second-order valence-corrected chi connectivity index (χ2v) is 5.60. The van der Waals surface area contributed by atoms with E-state index in [4.69, 9.17) is 10.00 Å². The van der Waals surface area contributed by atoms with E-state index in [9.17, 15) is 9.59 Å². The fourth-order valence-electron chi connectivity index (χ4n) is 1.72. The highest BCUT2D eigenvalue weighted by Crippen LogP contribution is 2.12. The summed E-state index contributed by atoms with van der Waals surface area (Å²) in [7, 11) is 0. The Morgan fingerprint density at radius 3 is 2.81 bits per heavy atom. The number of rotatable bonds is 6. The molecule has 6 nitrogen and oxygen atoms in total. The Bertz CT molecular complexity index is 544. The predicted octanol–water partition coefficient (Wildman–Crippen LogP) is 1.34. The zero-order valence-electron chi connectivity index (χ0n) is 12.4. The first-order chi connectivity index (χ1) is 9.85. The molecule has 1 N–H and O–H groups in total. The fraction of sp³-hybridized carbons (Fsp3) is 0.467. The van der Waals surface area contributed by atoms with Crippen LogP contribution in [0.5, 0.6) is 0 Å². The minimum atomic E-state index is -0.715. The van der Waals surface area contributed by atoms with Gasteiger partial charge in [0.25, 0.3) is 0 Å². The lowest BCUT2D eigenvalue weighted by Gasteiger charge is -2.23. The Balaban J connectivity index is 2.68. The summed E-state index contributed by atoms with van der Waals surface area (Å²) >= 11 is 0. The Morgan fingerprint density at radius 1 is 1.52 bits per heavy atom. The number of carbonyl (C=O) groups excluding carboxylic acids is 2. The van der Waals surface area contributed by atoms with Gasteiger partial charge in [-0.25, -0.2) is 4.79 Å². The van der Waals surface area contributed by atoms with Gasteiger partial charge < -0.3 is 10.1 Å². The molecule has 0 saturated heterocycles. The molecule has 0 fully saturated rings. The first-order valence-electron chi connectivity index (χ1n) is 6.62. The fourth-order valence-corrected chi connectivity index (χ4v) is 1.72. The molecule has 1 atom stereocenters. The molecule has 1 amide bonds. The van der Waals surface area contributed by atoms with Crippen LogP contribution in [-0.2, 0) is 20.7 Å². The van der Waals surface area contributed by atoms with E-state index in [1.807, 2.05) is 6.07 Å². The molecule has 0 unspecified atom stereocenters. The van der Waals surface area contributed by atoms with Gasteiger partial charge in [0.1, 0.15) is 17.7 Å². The van der Waals surface area contributed by atoms with Crippen molar-refractivity contribution in [3.63, 3.8) is 0 Å². The third-order valence-electron chi connectivity index (χ3n) is 2.61. The molecule has 1 aromatic rings. The molecule has 0 bridgehead atoms. The number of carbonyl (C=O) groups is 2. The summed E-state index contributed by atoms with van der Waals surface area (Å²) in [4.78, 5) is 26.6. The van der Waals surface area contributed by atoms with Gasteiger partial charge in [0, 0.05) is 12.4 Å². The molecule has 1 rings (SSSR count). The summed E-state index contributed by atoms with van der Waals surface area (Å²) in [5, 5.41) is 11.3. The van der Waals surface area contributed by atoms with Gasteiger partial charge in [-0.1, -0.05) is 0 Å². The highest BCUT2D eigenvalue weighted by atomic mass is 16.6. The number of nitriles is 1. The van der Waals surface area contributed by atoms with Crippen LogP contribution < -0.4 is 5.32 Å². The first kappa shape index (κ1) is 16.6. The van der Waals surface area contributed by atoms with Gasteiger partial charge in [-0.15, -0.1) is 0 Å². The Labute approximate surface area is 124 Å². The number of hydrogen-bond acceptors (Lipinski definition) is 5. The average molecular weight is 289 g/mol. The number of esters is 1. The monoisotopic (exact) mass is 289 g/mol. The number of amides is 1. The van der Waals surface area contributed by atoms with Crippen molar-refractivity contribution in [2.75, 3.05) is 0 Å². The van der Waals surface area contributed by atoms with Crippen molar-refractivity contribution in [2.24, 2.45) is 0 Å². The third kappa shape index (κ3) is 6.04. The van der Waals surface area contributed by atoms with E-state index in [1.165, 1.54) is 6.20 Å². The normalized spacial score (nSPS) is 12.1. The van der Waals surface area contributed by atoms with Crippen LogP contribution >= 0.6 is 0 Å². The van der Waals surface area contributed by atoms with Crippen LogP contribution in [-0.4, -0.2) is 29.0 Å². The van der Waals surface area contributed by atoms with Crippen LogP contribution in [0.1, 0.15) is 38.3 Å². The van der Waals surface area contributed by atoms with E-state index in [1.54, 1.807) is 33.0 Å². The Morgan fingerprint density at radius 2 is 2.24 bits per heavy atom. The second kappa shape index (κ2) is 7.39. The van der Waals surface area contributed by atoms with Crippen molar-refractivity contribution in [1.82, 2.24) is 10.3 Å². The van der Waals surface area contributed by atoms with Crippen LogP contribution in [0.4, 0.5) is 0 Å². The van der Waals surface area contributed by atoms with Crippen molar-refractivity contribution >= 4 is 12.4 Å². The van der Waals surface area contributed by atoms with Gasteiger partial charge in [-0.2, -0.15) is 5.26 Å². The maximum Gasteiger partial charge on any atom is 0.329 e. The van der Waals surface area contributed by atoms with E-state index in [0.717, 1.165) is 5.56 Å². The largest absolute Gasteiger partial charge is 0.458 e. The molecule has 1 aromatic heterocycles. The molecule has 21 heavy (non-hydrogen) atoms. The molecule has 6 heteroatoms. The number of aryl methyl sites for hydroxylation is 1. The quantitative estimate of drug-likeness (QED) is 0.630. The van der Waals surface area contributed by atoms with E-state index in [0.29, 0.717) is 24.8 Å². The van der Waals surface area contributed by atoms with Gasteiger partial charge in [-0.3, -0.25) is 9.78 Å². The van der Waals surface area contributed by atoms with E-state index in [2.05, 4.69) is 10.3 Å². The molecule has 0 aromatic carbocycles. The molecule has 1 heterocycles. The van der Waals surface area contributed by atoms with Gasteiger partial charge in [0.05, 0.1) is 5.56 Å². The van der Waals surface area contributed by atoms with Gasteiger partial charge in [-0.05, 0) is 45.2 Å². The highest BCUT2D eigenvalue weighted by molar-refractivity contribution is 5.78. The number of nitrogens with one attached hydrogen (secondary N) is 1. The minimum absolute atomic E-state index is 0.379. The Kier molecular flexibility index (Phi) is 5.85. The lowest BCUT2D eigenvalue weighted by molar-refractivity contribution is -0.158. The molecule has 0 spiro atoms. The summed E-state index contributed by atoms with van der Waals surface area (Å²) in [6.45, 7) is 5.30. The molecule has 0 aliphatic carbocycles. The summed E-state index contributed by atoms with van der Waals surface area (Å²) in [5.74, 6) is -0.473. The molecule has 0 radical (unpaired) electrons. The standard InChI is InChI=1S/C15H19N3O3/c1-15(2,3)21-14(20)13(18-10-19)5-4-11-6-12(7-16)9-17-8-11/h6,8-10,13H,4-5H2,1-3H3,(H,18,19)/t13-/m0/s1. The maximum absolute atomic E-state index is 12.0. The summed E-state index contributed by atoms with van der Waals surface area (Å²) in [6.07, 6.45) is 4.47. The van der Waals surface area contributed by atoms with Crippen LogP contribution in [0.2, 0.25) is 0 Å². The van der Waals surface area contributed by atoms with Crippen molar-refractivity contribution in [1.29, 1.82) is 5.26 Å². The summed E-state index contributed by atoms with van der Waals surface area (Å²) < 4.78 is 5.26. The average Bonchev–Trinajstić information content (AvgIpc) is 2.41. The maximum atomic E-state index is 12.0. The van der Waals surface area contributed by atoms with Gasteiger partial charge >= 0.3 is 5.97 Å². The molecule has 112 valence electrons. The van der Waals surface area contributed by atoms with E-state index < -0.39 is 17.6 Å². The molecule has 0 aliphatic heterocycles. The summed E-state index contributed by atoms with van der Waals surface area (Å²) in [5.41, 5.74) is 0.683. The number of hydrogen-bond donors (Lipinski definition) is 1. The number of aromatic nitrogens is 1. The van der Waals surface area contributed by atoms with E-state index in [-0.39, 0.29) is 0 Å². The van der Waals surface area contributed by atoms with Crippen molar-refractivity contribution in [2.45, 2.75) is 45.3 Å². The zero-order valence-corrected chi connectivity index (χ0v) is 12.4. The molecular weight excluding hydrogens is 270 g/mol. The topological polar surface area (TPSA) is 92.1 Å². The predicted molar refractivity (Wildman–Crippen MR) is 76.1 cm³/mol. The molecule has 0 saturated carbocycles. The van der Waals surface area contributed by atoms with E-state index >= 15 is 0 Å². The Hall–Kier alpha value is -2.42. The van der Waals surface area contributed by atoms with Crippen LogP contribution in [0.3, 0.4) is 0 Å². The van der Waals surface area contributed by atoms with Gasteiger partial charge in [0.2, 0.25) is 6.41 Å². The highest BCUT2D eigenvalue weighted by Gasteiger charge is 2.24. The smallest absolute Gasteiger partial charge is 0.329 e. The molecular formula is C15H19N3O3.